The summed E-state index contributed by atoms with van der Waals surface area (Å²) >= 11 is 0. The highest BCUT2D eigenvalue weighted by Crippen LogP contribution is 2.33. The molecule has 0 bridgehead atoms. The summed E-state index contributed by atoms with van der Waals surface area (Å²) in [6.45, 7) is 1.38. The molecule has 1 amide bonds. The molecule has 0 aromatic rings. The molecule has 0 atom stereocenters. The van der Waals surface area contributed by atoms with E-state index in [2.05, 4.69) is 0 Å². The molecule has 0 aromatic carbocycles. The topological polar surface area (TPSA) is 60.8 Å². The van der Waals surface area contributed by atoms with Gasteiger partial charge in [0.15, 0.2) is 6.29 Å². The van der Waals surface area contributed by atoms with Gasteiger partial charge in [0.1, 0.15) is 0 Å². The van der Waals surface area contributed by atoms with Gasteiger partial charge in [-0.05, 0) is 31.6 Å². The second-order valence-electron chi connectivity index (χ2n) is 4.78. The van der Waals surface area contributed by atoms with Gasteiger partial charge in [0.05, 0.1) is 0 Å². The molecule has 1 aliphatic carbocycles. The Bertz CT molecular complexity index is 230. The van der Waals surface area contributed by atoms with Gasteiger partial charge < -0.3 is 15.1 Å². The lowest BCUT2D eigenvalue weighted by Crippen LogP contribution is -2.41. The Kier molecular flexibility index (Phi) is 3.26. The fraction of sp³-hybridized carbons (Fsp3) is 0.909. The van der Waals surface area contributed by atoms with Gasteiger partial charge in [-0.3, -0.25) is 4.79 Å². The summed E-state index contributed by atoms with van der Waals surface area (Å²) in [4.78, 5) is 13.6. The van der Waals surface area contributed by atoms with Gasteiger partial charge in [-0.1, -0.05) is 0 Å². The van der Waals surface area contributed by atoms with Crippen molar-refractivity contribution in [2.75, 3.05) is 13.1 Å². The molecule has 1 saturated carbocycles. The molecule has 2 fully saturated rings. The second-order valence-corrected chi connectivity index (χ2v) is 4.78. The number of rotatable bonds is 3. The third-order valence-corrected chi connectivity index (χ3v) is 3.47. The van der Waals surface area contributed by atoms with Crippen LogP contribution >= 0.6 is 0 Å². The Morgan fingerprint density at radius 2 is 1.80 bits per heavy atom. The van der Waals surface area contributed by atoms with Crippen molar-refractivity contribution in [3.63, 3.8) is 0 Å². The van der Waals surface area contributed by atoms with Gasteiger partial charge in [0, 0.05) is 25.4 Å². The van der Waals surface area contributed by atoms with Gasteiger partial charge in [0.2, 0.25) is 5.91 Å². The van der Waals surface area contributed by atoms with Crippen LogP contribution in [-0.2, 0) is 4.79 Å². The number of carbonyl (C=O) groups is 1. The van der Waals surface area contributed by atoms with Crippen LogP contribution in [0, 0.1) is 11.8 Å². The van der Waals surface area contributed by atoms with Crippen LogP contribution in [0.2, 0.25) is 0 Å². The van der Waals surface area contributed by atoms with Crippen LogP contribution in [-0.4, -0.2) is 40.4 Å². The maximum absolute atomic E-state index is 11.7. The molecule has 86 valence electrons. The van der Waals surface area contributed by atoms with Crippen molar-refractivity contribution >= 4 is 5.91 Å². The van der Waals surface area contributed by atoms with Gasteiger partial charge in [-0.15, -0.1) is 0 Å². The van der Waals surface area contributed by atoms with Gasteiger partial charge >= 0.3 is 0 Å². The van der Waals surface area contributed by atoms with Crippen molar-refractivity contribution in [3.05, 3.63) is 0 Å². The van der Waals surface area contributed by atoms with Crippen LogP contribution < -0.4 is 0 Å². The molecule has 4 heteroatoms. The number of hydrogen-bond acceptors (Lipinski definition) is 3. The highest BCUT2D eigenvalue weighted by atomic mass is 16.5. The molecule has 4 nitrogen and oxygen atoms in total. The van der Waals surface area contributed by atoms with Gasteiger partial charge in [-0.25, -0.2) is 0 Å². The van der Waals surface area contributed by atoms with Crippen LogP contribution in [0.4, 0.5) is 0 Å². The molecular weight excluding hydrogens is 194 g/mol. The molecule has 2 rings (SSSR count). The van der Waals surface area contributed by atoms with Crippen molar-refractivity contribution in [2.24, 2.45) is 11.8 Å². The van der Waals surface area contributed by atoms with Gasteiger partial charge in [-0.2, -0.15) is 0 Å². The number of aliphatic hydroxyl groups excluding tert-OH is 1. The molecular formula is C11H19NO3. The second kappa shape index (κ2) is 4.49. The van der Waals surface area contributed by atoms with Crippen LogP contribution in [0.25, 0.3) is 0 Å². The van der Waals surface area contributed by atoms with E-state index in [1.807, 2.05) is 4.90 Å². The first-order chi connectivity index (χ1) is 7.16. The molecule has 0 spiro atoms. The average Bonchev–Trinajstić information content (AvgIpc) is 3.02. The van der Waals surface area contributed by atoms with E-state index in [0.29, 0.717) is 38.3 Å². The quantitative estimate of drug-likeness (QED) is 0.664. The Balaban J connectivity index is 1.74. The largest absolute Gasteiger partial charge is 0.368 e. The van der Waals surface area contributed by atoms with Crippen molar-refractivity contribution in [1.29, 1.82) is 0 Å². The van der Waals surface area contributed by atoms with E-state index in [9.17, 15) is 4.79 Å². The summed E-state index contributed by atoms with van der Waals surface area (Å²) in [6.07, 6.45) is 3.33. The SMILES string of the molecule is O=C(CC1CC1)N1CCC(C(O)O)CC1. The summed E-state index contributed by atoms with van der Waals surface area (Å²) in [6, 6.07) is 0. The molecule has 2 aliphatic rings. The number of likely N-dealkylation sites (tertiary alicyclic amines) is 1. The molecule has 1 saturated heterocycles. The van der Waals surface area contributed by atoms with Crippen molar-refractivity contribution in [2.45, 2.75) is 38.4 Å². The van der Waals surface area contributed by atoms with Crippen LogP contribution in [0.1, 0.15) is 32.1 Å². The zero-order valence-electron chi connectivity index (χ0n) is 8.93. The summed E-state index contributed by atoms with van der Waals surface area (Å²) in [5.41, 5.74) is 0. The van der Waals surface area contributed by atoms with Crippen LogP contribution in [0.5, 0.6) is 0 Å². The van der Waals surface area contributed by atoms with Crippen LogP contribution in [0.3, 0.4) is 0 Å². The number of hydrogen-bond donors (Lipinski definition) is 2. The summed E-state index contributed by atoms with van der Waals surface area (Å²) < 4.78 is 0. The lowest BCUT2D eigenvalue weighted by atomic mass is 9.96. The minimum Gasteiger partial charge on any atom is -0.368 e. The fourth-order valence-electron chi connectivity index (χ4n) is 2.15. The molecule has 0 aromatic heterocycles. The zero-order chi connectivity index (χ0) is 10.8. The maximum Gasteiger partial charge on any atom is 0.222 e. The van der Waals surface area contributed by atoms with E-state index in [-0.39, 0.29) is 11.8 Å². The Labute approximate surface area is 89.9 Å². The Hall–Kier alpha value is -0.610. The first-order valence-electron chi connectivity index (χ1n) is 5.80. The predicted molar refractivity (Wildman–Crippen MR) is 54.9 cm³/mol. The average molecular weight is 213 g/mol. The minimum absolute atomic E-state index is 0.0463. The molecule has 2 N–H and O–H groups in total. The number of carbonyl (C=O) groups excluding carboxylic acids is 1. The van der Waals surface area contributed by atoms with Crippen molar-refractivity contribution in [1.82, 2.24) is 4.90 Å². The Morgan fingerprint density at radius 1 is 1.20 bits per heavy atom. The van der Waals surface area contributed by atoms with E-state index >= 15 is 0 Å². The normalized spacial score (nSPS) is 23.5. The minimum atomic E-state index is -1.22. The number of aliphatic hydroxyl groups is 2. The molecule has 0 unspecified atom stereocenters. The first-order valence-corrected chi connectivity index (χ1v) is 5.80. The van der Waals surface area contributed by atoms with E-state index in [4.69, 9.17) is 10.2 Å². The molecule has 0 radical (unpaired) electrons. The highest BCUT2D eigenvalue weighted by molar-refractivity contribution is 5.76. The fourth-order valence-corrected chi connectivity index (χ4v) is 2.15. The molecule has 1 aliphatic heterocycles. The smallest absolute Gasteiger partial charge is 0.222 e. The van der Waals surface area contributed by atoms with E-state index in [0.717, 1.165) is 0 Å². The third-order valence-electron chi connectivity index (χ3n) is 3.47. The van der Waals surface area contributed by atoms with E-state index < -0.39 is 6.29 Å². The van der Waals surface area contributed by atoms with Crippen molar-refractivity contribution < 1.29 is 15.0 Å². The predicted octanol–water partition coefficient (Wildman–Crippen LogP) is 0.336. The maximum atomic E-state index is 11.7. The zero-order valence-corrected chi connectivity index (χ0v) is 8.93. The first kappa shape index (κ1) is 10.9. The lowest BCUT2D eigenvalue weighted by Gasteiger charge is -2.32. The molecule has 15 heavy (non-hydrogen) atoms. The Morgan fingerprint density at radius 3 is 2.27 bits per heavy atom. The van der Waals surface area contributed by atoms with Crippen LogP contribution in [0.15, 0.2) is 0 Å². The monoisotopic (exact) mass is 213 g/mol. The van der Waals surface area contributed by atoms with E-state index in [1.54, 1.807) is 0 Å². The third kappa shape index (κ3) is 2.92. The number of piperidine rings is 1. The van der Waals surface area contributed by atoms with E-state index in [1.165, 1.54) is 12.8 Å². The number of amides is 1. The number of nitrogens with zero attached hydrogens (tertiary/aromatic N) is 1. The van der Waals surface area contributed by atoms with Gasteiger partial charge in [0.25, 0.3) is 0 Å². The lowest BCUT2D eigenvalue weighted by molar-refractivity contribution is -0.137. The molecule has 1 heterocycles. The summed E-state index contributed by atoms with van der Waals surface area (Å²) in [5.74, 6) is 0.844. The van der Waals surface area contributed by atoms with Crippen molar-refractivity contribution in [3.8, 4) is 0 Å². The summed E-state index contributed by atoms with van der Waals surface area (Å²) in [7, 11) is 0. The summed E-state index contributed by atoms with van der Waals surface area (Å²) in [5, 5.41) is 18.0. The highest BCUT2D eigenvalue weighted by Gasteiger charge is 2.30. The standard InChI is InChI=1S/C11H19NO3/c13-10(7-8-1-2-8)12-5-3-9(4-6-12)11(14)15/h8-9,11,14-15H,1-7H2.